The number of oxazole rings is 1. The summed E-state index contributed by atoms with van der Waals surface area (Å²) in [6, 6.07) is 0.327. The largest absolute Gasteiger partial charge is 0.436 e. The molecule has 1 N–H and O–H groups in total. The number of amides is 1. The molecule has 1 aromatic heterocycles. The number of hydrogen-bond donors (Lipinski definition) is 1. The fourth-order valence-corrected chi connectivity index (χ4v) is 1.79. The zero-order valence-corrected chi connectivity index (χ0v) is 8.25. The van der Waals surface area contributed by atoms with Crippen LogP contribution in [0.4, 0.5) is 0 Å². The van der Waals surface area contributed by atoms with Crippen molar-refractivity contribution in [2.24, 2.45) is 0 Å². The van der Waals surface area contributed by atoms with Crippen LogP contribution in [0.3, 0.4) is 0 Å². The third kappa shape index (κ3) is 1.95. The molecule has 1 aromatic rings. The van der Waals surface area contributed by atoms with E-state index in [9.17, 15) is 4.79 Å². The lowest BCUT2D eigenvalue weighted by Gasteiger charge is -2.09. The number of rotatable bonds is 2. The van der Waals surface area contributed by atoms with Crippen molar-refractivity contribution in [2.75, 3.05) is 0 Å². The monoisotopic (exact) mass is 194 g/mol. The Morgan fingerprint density at radius 1 is 1.57 bits per heavy atom. The van der Waals surface area contributed by atoms with Crippen LogP contribution in [-0.4, -0.2) is 16.9 Å². The molecular weight excluding hydrogens is 180 g/mol. The number of nitrogens with zero attached hydrogens (tertiary/aromatic N) is 1. The van der Waals surface area contributed by atoms with Crippen LogP contribution in [0.1, 0.15) is 42.1 Å². The SMILES string of the molecule is Cc1ncc(C(=O)NC2CCCC2)o1. The molecule has 0 aromatic carbocycles. The van der Waals surface area contributed by atoms with E-state index >= 15 is 0 Å². The first-order valence-electron chi connectivity index (χ1n) is 4.99. The van der Waals surface area contributed by atoms with Crippen LogP contribution in [0.25, 0.3) is 0 Å². The molecule has 1 aliphatic carbocycles. The first-order chi connectivity index (χ1) is 6.75. The van der Waals surface area contributed by atoms with E-state index in [1.165, 1.54) is 19.0 Å². The van der Waals surface area contributed by atoms with Gasteiger partial charge in [-0.2, -0.15) is 0 Å². The van der Waals surface area contributed by atoms with Crippen molar-refractivity contribution in [1.82, 2.24) is 10.3 Å². The Kier molecular flexibility index (Phi) is 2.52. The molecule has 2 rings (SSSR count). The Morgan fingerprint density at radius 2 is 2.29 bits per heavy atom. The highest BCUT2D eigenvalue weighted by molar-refractivity contribution is 5.91. The van der Waals surface area contributed by atoms with E-state index in [1.807, 2.05) is 0 Å². The third-order valence-electron chi connectivity index (χ3n) is 2.54. The highest BCUT2D eigenvalue weighted by Gasteiger charge is 2.19. The second kappa shape index (κ2) is 3.82. The smallest absolute Gasteiger partial charge is 0.288 e. The molecule has 0 saturated heterocycles. The number of hydrogen-bond acceptors (Lipinski definition) is 3. The molecule has 0 bridgehead atoms. The molecule has 1 heterocycles. The quantitative estimate of drug-likeness (QED) is 0.778. The Balaban J connectivity index is 1.95. The molecule has 0 spiro atoms. The van der Waals surface area contributed by atoms with E-state index in [1.54, 1.807) is 6.92 Å². The molecule has 1 aliphatic rings. The minimum Gasteiger partial charge on any atom is -0.436 e. The van der Waals surface area contributed by atoms with Gasteiger partial charge in [0.25, 0.3) is 5.91 Å². The molecule has 4 heteroatoms. The molecular formula is C10H14N2O2. The minimum absolute atomic E-state index is 0.141. The minimum atomic E-state index is -0.141. The molecule has 1 fully saturated rings. The van der Waals surface area contributed by atoms with E-state index < -0.39 is 0 Å². The summed E-state index contributed by atoms with van der Waals surface area (Å²) in [5.41, 5.74) is 0. The zero-order chi connectivity index (χ0) is 9.97. The second-order valence-corrected chi connectivity index (χ2v) is 3.70. The fraction of sp³-hybridized carbons (Fsp3) is 0.600. The van der Waals surface area contributed by atoms with Gasteiger partial charge in [0.1, 0.15) is 0 Å². The predicted octanol–water partition coefficient (Wildman–Crippen LogP) is 1.66. The molecule has 14 heavy (non-hydrogen) atoms. The second-order valence-electron chi connectivity index (χ2n) is 3.70. The zero-order valence-electron chi connectivity index (χ0n) is 8.25. The molecule has 76 valence electrons. The average Bonchev–Trinajstić information content (AvgIpc) is 2.75. The highest BCUT2D eigenvalue weighted by atomic mass is 16.4. The number of carbonyl (C=O) groups is 1. The van der Waals surface area contributed by atoms with E-state index in [-0.39, 0.29) is 5.91 Å². The molecule has 0 aliphatic heterocycles. The summed E-state index contributed by atoms with van der Waals surface area (Å²) in [7, 11) is 0. The van der Waals surface area contributed by atoms with Gasteiger partial charge in [-0.15, -0.1) is 0 Å². The first kappa shape index (κ1) is 9.24. The van der Waals surface area contributed by atoms with Gasteiger partial charge in [0.15, 0.2) is 5.89 Å². The number of carbonyl (C=O) groups excluding carboxylic acids is 1. The average molecular weight is 194 g/mol. The summed E-state index contributed by atoms with van der Waals surface area (Å²) in [6.07, 6.45) is 6.05. The summed E-state index contributed by atoms with van der Waals surface area (Å²) in [5, 5.41) is 2.94. The molecule has 0 atom stereocenters. The Morgan fingerprint density at radius 3 is 2.86 bits per heavy atom. The normalized spacial score (nSPS) is 17.2. The Hall–Kier alpha value is -1.32. The van der Waals surface area contributed by atoms with Crippen molar-refractivity contribution >= 4 is 5.91 Å². The van der Waals surface area contributed by atoms with Crippen LogP contribution in [0.2, 0.25) is 0 Å². The van der Waals surface area contributed by atoms with Crippen LogP contribution >= 0.6 is 0 Å². The van der Waals surface area contributed by atoms with Gasteiger partial charge in [-0.25, -0.2) is 4.98 Å². The van der Waals surface area contributed by atoms with Crippen LogP contribution in [0, 0.1) is 6.92 Å². The lowest BCUT2D eigenvalue weighted by atomic mass is 10.2. The summed E-state index contributed by atoms with van der Waals surface area (Å²) in [5.74, 6) is 0.702. The number of aromatic nitrogens is 1. The summed E-state index contributed by atoms with van der Waals surface area (Å²) >= 11 is 0. The van der Waals surface area contributed by atoms with Crippen LogP contribution < -0.4 is 5.32 Å². The lowest BCUT2D eigenvalue weighted by molar-refractivity contribution is 0.0908. The fourth-order valence-electron chi connectivity index (χ4n) is 1.79. The van der Waals surface area contributed by atoms with Gasteiger partial charge in [-0.3, -0.25) is 4.79 Å². The topological polar surface area (TPSA) is 55.1 Å². The molecule has 4 nitrogen and oxygen atoms in total. The van der Waals surface area contributed by atoms with Gasteiger partial charge in [-0.1, -0.05) is 12.8 Å². The summed E-state index contributed by atoms with van der Waals surface area (Å²) in [4.78, 5) is 15.5. The summed E-state index contributed by atoms with van der Waals surface area (Å²) in [6.45, 7) is 1.73. The van der Waals surface area contributed by atoms with Crippen LogP contribution in [0.15, 0.2) is 10.6 Å². The van der Waals surface area contributed by atoms with Crippen molar-refractivity contribution < 1.29 is 9.21 Å². The molecule has 1 amide bonds. The van der Waals surface area contributed by atoms with E-state index in [4.69, 9.17) is 4.42 Å². The van der Waals surface area contributed by atoms with Crippen molar-refractivity contribution in [3.63, 3.8) is 0 Å². The maximum atomic E-state index is 11.6. The predicted molar refractivity (Wildman–Crippen MR) is 51.0 cm³/mol. The van der Waals surface area contributed by atoms with E-state index in [2.05, 4.69) is 10.3 Å². The standard InChI is InChI=1S/C10H14N2O2/c1-7-11-6-9(14-7)10(13)12-8-4-2-3-5-8/h6,8H,2-5H2,1H3,(H,12,13). The lowest BCUT2D eigenvalue weighted by Crippen LogP contribution is -2.32. The van der Waals surface area contributed by atoms with Gasteiger partial charge in [-0.05, 0) is 12.8 Å². The molecule has 0 unspecified atom stereocenters. The molecule has 1 saturated carbocycles. The maximum Gasteiger partial charge on any atom is 0.288 e. The Bertz CT molecular complexity index is 327. The van der Waals surface area contributed by atoms with Gasteiger partial charge < -0.3 is 9.73 Å². The number of aryl methyl sites for hydroxylation is 1. The van der Waals surface area contributed by atoms with Crippen molar-refractivity contribution in [3.05, 3.63) is 17.8 Å². The van der Waals surface area contributed by atoms with Crippen LogP contribution in [0.5, 0.6) is 0 Å². The third-order valence-corrected chi connectivity index (χ3v) is 2.54. The van der Waals surface area contributed by atoms with E-state index in [0.717, 1.165) is 12.8 Å². The van der Waals surface area contributed by atoms with Crippen LogP contribution in [-0.2, 0) is 0 Å². The highest BCUT2D eigenvalue weighted by Crippen LogP contribution is 2.18. The summed E-state index contributed by atoms with van der Waals surface area (Å²) < 4.78 is 5.13. The Labute approximate surface area is 82.7 Å². The van der Waals surface area contributed by atoms with Crippen molar-refractivity contribution in [1.29, 1.82) is 0 Å². The maximum absolute atomic E-state index is 11.6. The van der Waals surface area contributed by atoms with Gasteiger partial charge in [0, 0.05) is 13.0 Å². The van der Waals surface area contributed by atoms with Gasteiger partial charge >= 0.3 is 0 Å². The number of nitrogens with one attached hydrogen (secondary N) is 1. The van der Waals surface area contributed by atoms with Crippen molar-refractivity contribution in [3.8, 4) is 0 Å². The van der Waals surface area contributed by atoms with Gasteiger partial charge in [0.05, 0.1) is 6.20 Å². The van der Waals surface area contributed by atoms with Crippen molar-refractivity contribution in [2.45, 2.75) is 38.6 Å². The van der Waals surface area contributed by atoms with Gasteiger partial charge in [0.2, 0.25) is 5.76 Å². The van der Waals surface area contributed by atoms with E-state index in [0.29, 0.717) is 17.7 Å². The first-order valence-corrected chi connectivity index (χ1v) is 4.99. The molecule has 0 radical (unpaired) electrons.